The lowest BCUT2D eigenvalue weighted by atomic mass is 9.82. The maximum absolute atomic E-state index is 12.4. The highest BCUT2D eigenvalue weighted by Gasteiger charge is 2.47. The number of carbonyl (C=O) groups is 1. The largest absolute Gasteiger partial charge is 0.460 e. The molecule has 2 aromatic rings. The van der Waals surface area contributed by atoms with Crippen LogP contribution in [0.4, 0.5) is 0 Å². The molecule has 0 N–H and O–H groups in total. The molecule has 1 fully saturated rings. The highest BCUT2D eigenvalue weighted by atomic mass is 32.2. The van der Waals surface area contributed by atoms with Gasteiger partial charge in [-0.3, -0.25) is 4.79 Å². The number of thioether (sulfide) groups is 2. The fourth-order valence-corrected chi connectivity index (χ4v) is 8.23. The molecule has 0 saturated heterocycles. The molecule has 1 saturated carbocycles. The van der Waals surface area contributed by atoms with Gasteiger partial charge in [0.25, 0.3) is 0 Å². The Kier molecular flexibility index (Phi) is 11.2. The smallest absolute Gasteiger partial charge is 0.302 e. The second kappa shape index (κ2) is 14.1. The van der Waals surface area contributed by atoms with Crippen LogP contribution in [-0.2, 0) is 9.53 Å². The number of carbonyl (C=O) groups excluding carboxylic acids is 1. The topological polar surface area (TPSA) is 26.3 Å². The van der Waals surface area contributed by atoms with Crippen molar-refractivity contribution in [2.75, 3.05) is 0 Å². The molecule has 1 aliphatic rings. The molecule has 0 heterocycles. The number of hydrogen-bond donors (Lipinski definition) is 0. The lowest BCUT2D eigenvalue weighted by Gasteiger charge is -2.44. The summed E-state index contributed by atoms with van der Waals surface area (Å²) in [5.41, 5.74) is 0. The molecule has 1 atom stereocenters. The van der Waals surface area contributed by atoms with E-state index < -0.39 is 0 Å². The zero-order valence-electron chi connectivity index (χ0n) is 20.3. The van der Waals surface area contributed by atoms with Gasteiger partial charge in [0.2, 0.25) is 0 Å². The molecule has 0 bridgehead atoms. The van der Waals surface area contributed by atoms with Crippen molar-refractivity contribution in [2.24, 2.45) is 5.92 Å². The van der Waals surface area contributed by atoms with E-state index in [4.69, 9.17) is 4.74 Å². The molecule has 1 aliphatic carbocycles. The zero-order valence-corrected chi connectivity index (χ0v) is 22.0. The number of benzene rings is 2. The first-order chi connectivity index (χ1) is 16.1. The molecule has 0 aromatic heterocycles. The first kappa shape index (κ1) is 26.2. The Morgan fingerprint density at radius 2 is 1.42 bits per heavy atom. The van der Waals surface area contributed by atoms with Crippen molar-refractivity contribution in [1.29, 1.82) is 0 Å². The molecule has 0 spiro atoms. The molecular weight excluding hydrogens is 444 g/mol. The van der Waals surface area contributed by atoms with Gasteiger partial charge >= 0.3 is 5.97 Å². The number of unbranched alkanes of at least 4 members (excludes halogenated alkanes) is 4. The van der Waals surface area contributed by atoms with Crippen LogP contribution in [-0.4, -0.2) is 16.2 Å². The summed E-state index contributed by atoms with van der Waals surface area (Å²) in [6, 6.07) is 21.4. The van der Waals surface area contributed by atoms with Gasteiger partial charge in [-0.25, -0.2) is 0 Å². The van der Waals surface area contributed by atoms with E-state index in [1.165, 1.54) is 54.7 Å². The van der Waals surface area contributed by atoms with Crippen molar-refractivity contribution >= 4 is 29.5 Å². The maximum Gasteiger partial charge on any atom is 0.302 e. The van der Waals surface area contributed by atoms with Gasteiger partial charge in [0.15, 0.2) is 0 Å². The highest BCUT2D eigenvalue weighted by Crippen LogP contribution is 2.55. The normalized spacial score (nSPS) is 15.8. The molecule has 2 nitrogen and oxygen atoms in total. The first-order valence-electron chi connectivity index (χ1n) is 12.8. The summed E-state index contributed by atoms with van der Waals surface area (Å²) in [7, 11) is 0. The standard InChI is InChI=1S/C29H40O2S2/c1-3-4-5-6-16-23-29(32-26-19-12-8-13-20-26,33-27-21-14-9-15-22-27)28(31-24(2)30)25-17-10-7-11-18-25/h8-9,12-15,19-22,25,28H,3-7,10-11,16-18,23H2,1-2H3. The van der Waals surface area contributed by atoms with E-state index in [-0.39, 0.29) is 16.2 Å². The van der Waals surface area contributed by atoms with Gasteiger partial charge in [-0.2, -0.15) is 0 Å². The highest BCUT2D eigenvalue weighted by molar-refractivity contribution is 8.18. The molecule has 0 radical (unpaired) electrons. The predicted molar refractivity (Wildman–Crippen MR) is 143 cm³/mol. The van der Waals surface area contributed by atoms with E-state index in [9.17, 15) is 4.79 Å². The minimum atomic E-state index is -0.247. The van der Waals surface area contributed by atoms with E-state index in [0.717, 1.165) is 25.7 Å². The van der Waals surface area contributed by atoms with Crippen molar-refractivity contribution in [3.8, 4) is 0 Å². The van der Waals surface area contributed by atoms with Gasteiger partial charge in [-0.1, -0.05) is 94.7 Å². The first-order valence-corrected chi connectivity index (χ1v) is 14.4. The Balaban J connectivity index is 1.99. The Hall–Kier alpha value is -1.39. The summed E-state index contributed by atoms with van der Waals surface area (Å²) in [5, 5.41) is 0. The molecule has 4 heteroatoms. The second-order valence-electron chi connectivity index (χ2n) is 9.23. The summed E-state index contributed by atoms with van der Waals surface area (Å²) in [6.07, 6.45) is 13.2. The Morgan fingerprint density at radius 3 is 1.94 bits per heavy atom. The minimum Gasteiger partial charge on any atom is -0.460 e. The number of rotatable bonds is 13. The van der Waals surface area contributed by atoms with Crippen LogP contribution in [0.25, 0.3) is 0 Å². The fraction of sp³-hybridized carbons (Fsp3) is 0.552. The van der Waals surface area contributed by atoms with Gasteiger partial charge in [-0.15, -0.1) is 23.5 Å². The summed E-state index contributed by atoms with van der Waals surface area (Å²) >= 11 is 3.85. The van der Waals surface area contributed by atoms with Crippen LogP contribution < -0.4 is 0 Å². The maximum atomic E-state index is 12.4. The van der Waals surface area contributed by atoms with Crippen molar-refractivity contribution in [1.82, 2.24) is 0 Å². The van der Waals surface area contributed by atoms with E-state index in [2.05, 4.69) is 67.6 Å². The van der Waals surface area contributed by atoms with Crippen LogP contribution in [0.1, 0.15) is 84.5 Å². The fourth-order valence-electron chi connectivity index (χ4n) is 4.89. The second-order valence-corrected chi connectivity index (χ2v) is 12.3. The monoisotopic (exact) mass is 484 g/mol. The molecule has 0 amide bonds. The Labute approximate surface area is 209 Å². The van der Waals surface area contributed by atoms with Gasteiger partial charge in [0.1, 0.15) is 10.2 Å². The van der Waals surface area contributed by atoms with Crippen molar-refractivity contribution in [3.05, 3.63) is 60.7 Å². The van der Waals surface area contributed by atoms with Crippen LogP contribution >= 0.6 is 23.5 Å². The SMILES string of the molecule is CCCCCCCC(Sc1ccccc1)(Sc1ccccc1)C(OC(C)=O)C1CCCCC1. The minimum absolute atomic E-state index is 0.100. The quantitative estimate of drug-likeness (QED) is 0.122. The number of ether oxygens (including phenoxy) is 1. The third-order valence-electron chi connectivity index (χ3n) is 6.50. The third-order valence-corrected chi connectivity index (χ3v) is 9.58. The molecule has 2 aromatic carbocycles. The summed E-state index contributed by atoms with van der Waals surface area (Å²) in [6.45, 7) is 3.85. The van der Waals surface area contributed by atoms with E-state index in [1.807, 2.05) is 23.5 Å². The lowest BCUT2D eigenvalue weighted by molar-refractivity contribution is -0.150. The van der Waals surface area contributed by atoms with Crippen LogP contribution in [0.3, 0.4) is 0 Å². The van der Waals surface area contributed by atoms with E-state index in [0.29, 0.717) is 5.92 Å². The van der Waals surface area contributed by atoms with Gasteiger partial charge in [0.05, 0.1) is 0 Å². The summed E-state index contributed by atoms with van der Waals surface area (Å²) < 4.78 is 6.05. The van der Waals surface area contributed by atoms with Crippen LogP contribution in [0, 0.1) is 5.92 Å². The van der Waals surface area contributed by atoms with Crippen molar-refractivity contribution < 1.29 is 9.53 Å². The average molecular weight is 485 g/mol. The van der Waals surface area contributed by atoms with E-state index >= 15 is 0 Å². The van der Waals surface area contributed by atoms with Gasteiger partial charge in [0, 0.05) is 16.7 Å². The molecule has 0 aliphatic heterocycles. The molecule has 33 heavy (non-hydrogen) atoms. The predicted octanol–water partition coefficient (Wildman–Crippen LogP) is 9.14. The summed E-state index contributed by atoms with van der Waals surface area (Å²) in [4.78, 5) is 14.9. The van der Waals surface area contributed by atoms with Crippen LogP contribution in [0.2, 0.25) is 0 Å². The van der Waals surface area contributed by atoms with Gasteiger partial charge in [-0.05, 0) is 49.4 Å². The van der Waals surface area contributed by atoms with Crippen LogP contribution in [0.15, 0.2) is 70.5 Å². The average Bonchev–Trinajstić information content (AvgIpc) is 2.84. The lowest BCUT2D eigenvalue weighted by Crippen LogP contribution is -2.45. The van der Waals surface area contributed by atoms with Gasteiger partial charge < -0.3 is 4.74 Å². The molecular formula is C29H40O2S2. The number of esters is 1. The van der Waals surface area contributed by atoms with Crippen LogP contribution in [0.5, 0.6) is 0 Å². The molecule has 1 unspecified atom stereocenters. The molecule has 180 valence electrons. The van der Waals surface area contributed by atoms with E-state index in [1.54, 1.807) is 6.92 Å². The van der Waals surface area contributed by atoms with Crippen molar-refractivity contribution in [2.45, 2.75) is 104 Å². The third kappa shape index (κ3) is 8.40. The summed E-state index contributed by atoms with van der Waals surface area (Å²) in [5.74, 6) is 0.272. The van der Waals surface area contributed by atoms with Crippen molar-refractivity contribution in [3.63, 3.8) is 0 Å². The number of hydrogen-bond acceptors (Lipinski definition) is 4. The Morgan fingerprint density at radius 1 is 0.879 bits per heavy atom. The zero-order chi connectivity index (χ0) is 23.4. The Bertz CT molecular complexity index is 761. The molecule has 3 rings (SSSR count).